The normalized spacial score (nSPS) is 16.1. The lowest BCUT2D eigenvalue weighted by molar-refractivity contribution is -0.118. The topological polar surface area (TPSA) is 46.3 Å². The van der Waals surface area contributed by atoms with Gasteiger partial charge in [0, 0.05) is 19.0 Å². The minimum absolute atomic E-state index is 0.0983. The van der Waals surface area contributed by atoms with E-state index in [1.54, 1.807) is 13.0 Å². The highest BCUT2D eigenvalue weighted by molar-refractivity contribution is 5.95. The third-order valence-corrected chi connectivity index (χ3v) is 2.74. The van der Waals surface area contributed by atoms with Crippen molar-refractivity contribution >= 4 is 11.6 Å². The molecule has 2 N–H and O–H groups in total. The van der Waals surface area contributed by atoms with Gasteiger partial charge in [-0.1, -0.05) is 12.1 Å². The van der Waals surface area contributed by atoms with Gasteiger partial charge < -0.3 is 10.6 Å². The summed E-state index contributed by atoms with van der Waals surface area (Å²) in [6.45, 7) is 2.33. The maximum Gasteiger partial charge on any atom is 0.228 e. The molecule has 1 heterocycles. The van der Waals surface area contributed by atoms with Gasteiger partial charge >= 0.3 is 0 Å². The zero-order chi connectivity index (χ0) is 11.7. The summed E-state index contributed by atoms with van der Waals surface area (Å²) >= 11 is 0. The molecule has 0 fully saturated rings. The molecule has 1 aromatic rings. The molecule has 0 aromatic heterocycles. The molecule has 0 bridgehead atoms. The number of nitrogens with zero attached hydrogens (tertiary/aromatic N) is 1. The Kier molecular flexibility index (Phi) is 2.92. The van der Waals surface area contributed by atoms with Gasteiger partial charge in [-0.3, -0.25) is 4.79 Å². The number of fused-ring (bicyclic) bond motifs is 1. The molecular weight excluding hydrogens is 207 g/mol. The van der Waals surface area contributed by atoms with Crippen LogP contribution in [0.1, 0.15) is 18.9 Å². The van der Waals surface area contributed by atoms with Crippen LogP contribution < -0.4 is 10.6 Å². The largest absolute Gasteiger partial charge is 0.327 e. The summed E-state index contributed by atoms with van der Waals surface area (Å²) < 4.78 is 13.6. The van der Waals surface area contributed by atoms with Crippen LogP contribution in [0.3, 0.4) is 0 Å². The average molecular weight is 222 g/mol. The number of para-hydroxylation sites is 1. The number of hydrogen-bond acceptors (Lipinski definition) is 2. The van der Waals surface area contributed by atoms with Crippen LogP contribution in [-0.2, 0) is 11.2 Å². The Bertz CT molecular complexity index is 417. The van der Waals surface area contributed by atoms with Gasteiger partial charge in [-0.25, -0.2) is 4.39 Å². The summed E-state index contributed by atoms with van der Waals surface area (Å²) in [5.41, 5.74) is 6.92. The molecule has 0 saturated carbocycles. The summed E-state index contributed by atoms with van der Waals surface area (Å²) in [5, 5.41) is 0. The summed E-state index contributed by atoms with van der Waals surface area (Å²) in [7, 11) is 0. The summed E-state index contributed by atoms with van der Waals surface area (Å²) in [6.07, 6.45) is 0.978. The second kappa shape index (κ2) is 4.22. The maximum atomic E-state index is 13.6. The predicted octanol–water partition coefficient (Wildman–Crippen LogP) is 1.45. The highest BCUT2D eigenvalue weighted by atomic mass is 19.1. The van der Waals surface area contributed by atoms with Crippen molar-refractivity contribution in [2.24, 2.45) is 5.73 Å². The number of nitrogens with two attached hydrogens (primary N) is 1. The van der Waals surface area contributed by atoms with Crippen LogP contribution in [0.4, 0.5) is 10.1 Å². The van der Waals surface area contributed by atoms with E-state index < -0.39 is 0 Å². The monoisotopic (exact) mass is 222 g/mol. The number of hydrogen-bond donors (Lipinski definition) is 1. The van der Waals surface area contributed by atoms with Gasteiger partial charge in [-0.15, -0.1) is 0 Å². The lowest BCUT2D eigenvalue weighted by atomic mass is 10.1. The Hall–Kier alpha value is -1.42. The summed E-state index contributed by atoms with van der Waals surface area (Å²) in [5.74, 6) is -0.424. The molecule has 0 radical (unpaired) electrons. The number of halogens is 1. The number of anilines is 1. The first-order valence-corrected chi connectivity index (χ1v) is 5.43. The standard InChI is InChI=1S/C12H15FN2O/c1-8(14)7-11(16)15-6-5-9-3-2-4-10(13)12(9)15/h2-4,8H,5-7,14H2,1H3. The number of carbonyl (C=O) groups is 1. The number of carbonyl (C=O) groups excluding carboxylic acids is 1. The first-order chi connectivity index (χ1) is 7.59. The van der Waals surface area contributed by atoms with Crippen molar-refractivity contribution in [2.75, 3.05) is 11.4 Å². The van der Waals surface area contributed by atoms with Crippen molar-refractivity contribution in [1.82, 2.24) is 0 Å². The van der Waals surface area contributed by atoms with Crippen LogP contribution in [0.15, 0.2) is 18.2 Å². The molecule has 2 rings (SSSR count). The molecule has 1 atom stereocenters. The highest BCUT2D eigenvalue weighted by Crippen LogP contribution is 2.31. The molecular formula is C12H15FN2O. The minimum atomic E-state index is -0.326. The van der Waals surface area contributed by atoms with E-state index in [9.17, 15) is 9.18 Å². The molecule has 4 heteroatoms. The van der Waals surface area contributed by atoms with Gasteiger partial charge in [0.15, 0.2) is 0 Å². The summed E-state index contributed by atoms with van der Waals surface area (Å²) in [4.78, 5) is 13.4. The third kappa shape index (κ3) is 1.93. The Morgan fingerprint density at radius 2 is 2.38 bits per heavy atom. The van der Waals surface area contributed by atoms with Crippen LogP contribution in [0.5, 0.6) is 0 Å². The Morgan fingerprint density at radius 3 is 3.06 bits per heavy atom. The molecule has 0 spiro atoms. The SMILES string of the molecule is CC(N)CC(=O)N1CCc2cccc(F)c21. The zero-order valence-corrected chi connectivity index (χ0v) is 9.24. The van der Waals surface area contributed by atoms with Crippen LogP contribution >= 0.6 is 0 Å². The van der Waals surface area contributed by atoms with Crippen LogP contribution in [0.25, 0.3) is 0 Å². The van der Waals surface area contributed by atoms with Gasteiger partial charge in [-0.2, -0.15) is 0 Å². The first-order valence-electron chi connectivity index (χ1n) is 5.43. The van der Waals surface area contributed by atoms with E-state index in [-0.39, 0.29) is 24.2 Å². The fourth-order valence-electron chi connectivity index (χ4n) is 2.04. The molecule has 3 nitrogen and oxygen atoms in total. The van der Waals surface area contributed by atoms with Crippen molar-refractivity contribution in [2.45, 2.75) is 25.8 Å². The lowest BCUT2D eigenvalue weighted by Crippen LogP contribution is -2.34. The smallest absolute Gasteiger partial charge is 0.228 e. The molecule has 1 amide bonds. The Labute approximate surface area is 94.0 Å². The number of rotatable bonds is 2. The highest BCUT2D eigenvalue weighted by Gasteiger charge is 2.27. The minimum Gasteiger partial charge on any atom is -0.327 e. The van der Waals surface area contributed by atoms with Gasteiger partial charge in [0.25, 0.3) is 0 Å². The predicted molar refractivity (Wildman–Crippen MR) is 60.7 cm³/mol. The molecule has 1 aromatic carbocycles. The quantitative estimate of drug-likeness (QED) is 0.823. The van der Waals surface area contributed by atoms with E-state index in [0.29, 0.717) is 12.2 Å². The van der Waals surface area contributed by atoms with Crippen molar-refractivity contribution in [3.63, 3.8) is 0 Å². The maximum absolute atomic E-state index is 13.6. The van der Waals surface area contributed by atoms with Crippen LogP contribution in [0, 0.1) is 5.82 Å². The second-order valence-corrected chi connectivity index (χ2v) is 4.22. The lowest BCUT2D eigenvalue weighted by Gasteiger charge is -2.18. The van der Waals surface area contributed by atoms with Crippen molar-refractivity contribution in [3.8, 4) is 0 Å². The average Bonchev–Trinajstić information content (AvgIpc) is 2.61. The third-order valence-electron chi connectivity index (χ3n) is 2.74. The van der Waals surface area contributed by atoms with Crippen LogP contribution in [0.2, 0.25) is 0 Å². The van der Waals surface area contributed by atoms with Crippen LogP contribution in [-0.4, -0.2) is 18.5 Å². The molecule has 0 aliphatic carbocycles. The zero-order valence-electron chi connectivity index (χ0n) is 9.24. The summed E-state index contributed by atoms with van der Waals surface area (Å²) in [6, 6.07) is 4.73. The number of benzene rings is 1. The van der Waals surface area contributed by atoms with E-state index >= 15 is 0 Å². The van der Waals surface area contributed by atoms with E-state index in [1.807, 2.05) is 6.07 Å². The molecule has 1 aliphatic heterocycles. The fourth-order valence-corrected chi connectivity index (χ4v) is 2.04. The van der Waals surface area contributed by atoms with Gasteiger partial charge in [0.05, 0.1) is 5.69 Å². The molecule has 1 unspecified atom stereocenters. The second-order valence-electron chi connectivity index (χ2n) is 4.22. The Morgan fingerprint density at radius 1 is 1.62 bits per heavy atom. The van der Waals surface area contributed by atoms with E-state index in [1.165, 1.54) is 11.0 Å². The van der Waals surface area contributed by atoms with Crippen molar-refractivity contribution < 1.29 is 9.18 Å². The molecule has 16 heavy (non-hydrogen) atoms. The molecule has 1 aliphatic rings. The van der Waals surface area contributed by atoms with Gasteiger partial charge in [0.1, 0.15) is 5.82 Å². The van der Waals surface area contributed by atoms with Gasteiger partial charge in [-0.05, 0) is 25.0 Å². The van der Waals surface area contributed by atoms with E-state index in [2.05, 4.69) is 0 Å². The fraction of sp³-hybridized carbons (Fsp3) is 0.417. The van der Waals surface area contributed by atoms with Crippen molar-refractivity contribution in [1.29, 1.82) is 0 Å². The molecule has 0 saturated heterocycles. The Balaban J connectivity index is 2.26. The molecule has 86 valence electrons. The first kappa shape index (κ1) is 11.1. The van der Waals surface area contributed by atoms with E-state index in [0.717, 1.165) is 12.0 Å². The number of amides is 1. The van der Waals surface area contributed by atoms with Crippen molar-refractivity contribution in [3.05, 3.63) is 29.6 Å². The van der Waals surface area contributed by atoms with Gasteiger partial charge in [0.2, 0.25) is 5.91 Å². The van der Waals surface area contributed by atoms with E-state index in [4.69, 9.17) is 5.73 Å².